The summed E-state index contributed by atoms with van der Waals surface area (Å²) in [7, 11) is 0. The number of oxazole rings is 1. The third-order valence-electron chi connectivity index (χ3n) is 6.69. The smallest absolute Gasteiger partial charge is 0.304 e. The van der Waals surface area contributed by atoms with Crippen molar-refractivity contribution in [1.82, 2.24) is 4.98 Å². The van der Waals surface area contributed by atoms with Gasteiger partial charge in [0.2, 0.25) is 0 Å². The summed E-state index contributed by atoms with van der Waals surface area (Å²) in [5.74, 6) is 1.28. The third-order valence-corrected chi connectivity index (χ3v) is 6.69. The van der Waals surface area contributed by atoms with Crippen LogP contribution in [-0.4, -0.2) is 22.7 Å². The Kier molecular flexibility index (Phi) is 5.06. The number of carboxylic acids is 1. The van der Waals surface area contributed by atoms with Crippen molar-refractivity contribution < 1.29 is 23.8 Å². The lowest BCUT2D eigenvalue weighted by atomic mass is 9.92. The first-order valence-electron chi connectivity index (χ1n) is 11.4. The van der Waals surface area contributed by atoms with E-state index in [2.05, 4.69) is 35.3 Å². The average molecular weight is 453 g/mol. The van der Waals surface area contributed by atoms with E-state index >= 15 is 0 Å². The number of carbonyl (C=O) groups is 1. The Bertz CT molecular complexity index is 1360. The minimum Gasteiger partial charge on any atom is -0.492 e. The summed E-state index contributed by atoms with van der Waals surface area (Å²) in [4.78, 5) is 15.2. The number of carboxylic acid groups (broad SMARTS) is 1. The summed E-state index contributed by atoms with van der Waals surface area (Å²) < 4.78 is 17.8. The highest BCUT2D eigenvalue weighted by Crippen LogP contribution is 2.44. The molecule has 4 aromatic rings. The largest absolute Gasteiger partial charge is 0.492 e. The molecule has 1 aromatic heterocycles. The number of fused-ring (bicyclic) bond motifs is 2. The first kappa shape index (κ1) is 20.5. The van der Waals surface area contributed by atoms with Gasteiger partial charge in [-0.2, -0.15) is 0 Å². The normalized spacial score (nSPS) is 18.2. The van der Waals surface area contributed by atoms with Gasteiger partial charge in [0.15, 0.2) is 12.2 Å². The second kappa shape index (κ2) is 8.37. The van der Waals surface area contributed by atoms with Crippen molar-refractivity contribution in [1.29, 1.82) is 0 Å². The van der Waals surface area contributed by atoms with Crippen LogP contribution in [0.4, 0.5) is 0 Å². The molecule has 0 bridgehead atoms. The fourth-order valence-corrected chi connectivity index (χ4v) is 5.15. The van der Waals surface area contributed by atoms with Gasteiger partial charge in [-0.05, 0) is 41.2 Å². The lowest BCUT2D eigenvalue weighted by molar-refractivity contribution is -0.137. The van der Waals surface area contributed by atoms with E-state index in [0.717, 1.165) is 46.8 Å². The monoisotopic (exact) mass is 453 g/mol. The minimum atomic E-state index is -0.815. The molecule has 6 rings (SSSR count). The van der Waals surface area contributed by atoms with Gasteiger partial charge in [0.25, 0.3) is 0 Å². The average Bonchev–Trinajstić information content (AvgIpc) is 3.60. The Morgan fingerprint density at radius 1 is 1.03 bits per heavy atom. The summed E-state index contributed by atoms with van der Waals surface area (Å²) in [6.45, 7) is 0.394. The highest BCUT2D eigenvalue weighted by Gasteiger charge is 2.30. The van der Waals surface area contributed by atoms with Gasteiger partial charge in [-0.15, -0.1) is 0 Å². The number of aromatic nitrogens is 1. The first-order valence-corrected chi connectivity index (χ1v) is 11.4. The minimum absolute atomic E-state index is 0.0540. The molecule has 170 valence electrons. The number of rotatable bonds is 6. The molecule has 0 spiro atoms. The first-order chi connectivity index (χ1) is 16.7. The summed E-state index contributed by atoms with van der Waals surface area (Å²) in [5.41, 5.74) is 6.74. The standard InChI is InChI=1S/C28H23NO5/c30-28(31)12-17-15-32-26-13-18(8-9-19(17)26)34-25-11-10-22-20(6-3-7-23(22)25)21-4-1-2-5-24(21)27-14-29-16-33-27/h1-9,13-14,16-17,25H,10-12,15H2,(H,30,31). The van der Waals surface area contributed by atoms with Crippen molar-refractivity contribution in [2.24, 2.45) is 0 Å². The number of ether oxygens (including phenoxy) is 2. The van der Waals surface area contributed by atoms with Crippen molar-refractivity contribution in [2.75, 3.05) is 6.61 Å². The lowest BCUT2D eigenvalue weighted by Gasteiger charge is -2.17. The maximum absolute atomic E-state index is 11.1. The van der Waals surface area contributed by atoms with Gasteiger partial charge in [-0.1, -0.05) is 48.5 Å². The molecule has 1 N–H and O–H groups in total. The molecule has 2 aliphatic rings. The fraction of sp³-hybridized carbons (Fsp3) is 0.214. The molecule has 2 atom stereocenters. The molecule has 2 unspecified atom stereocenters. The van der Waals surface area contributed by atoms with Gasteiger partial charge in [-0.3, -0.25) is 4.79 Å². The van der Waals surface area contributed by atoms with Crippen molar-refractivity contribution in [2.45, 2.75) is 31.3 Å². The van der Waals surface area contributed by atoms with Crippen LogP contribution in [0.25, 0.3) is 22.5 Å². The topological polar surface area (TPSA) is 81.8 Å². The molecule has 0 fully saturated rings. The number of aliphatic carboxylic acids is 1. The van der Waals surface area contributed by atoms with E-state index in [1.165, 1.54) is 23.1 Å². The molecule has 0 saturated carbocycles. The summed E-state index contributed by atoms with van der Waals surface area (Å²) in [5, 5.41) is 9.12. The maximum Gasteiger partial charge on any atom is 0.304 e. The SMILES string of the molecule is O=C(O)CC1COc2cc(OC3CCc4c(-c5ccccc5-c5cnco5)cccc43)ccc21. The van der Waals surface area contributed by atoms with Gasteiger partial charge in [-0.25, -0.2) is 4.98 Å². The molecule has 0 saturated heterocycles. The second-order valence-corrected chi connectivity index (χ2v) is 8.74. The molecule has 0 amide bonds. The summed E-state index contributed by atoms with van der Waals surface area (Å²) in [6.07, 6.45) is 5.02. The Balaban J connectivity index is 1.29. The molecule has 2 heterocycles. The van der Waals surface area contributed by atoms with Gasteiger partial charge in [0.05, 0.1) is 19.2 Å². The number of hydrogen-bond donors (Lipinski definition) is 1. The van der Waals surface area contributed by atoms with E-state index in [0.29, 0.717) is 6.61 Å². The highest BCUT2D eigenvalue weighted by molar-refractivity contribution is 5.83. The zero-order chi connectivity index (χ0) is 23.1. The number of nitrogens with zero attached hydrogens (tertiary/aromatic N) is 1. The van der Waals surface area contributed by atoms with Crippen molar-refractivity contribution in [3.63, 3.8) is 0 Å². The summed E-state index contributed by atoms with van der Waals surface area (Å²) >= 11 is 0. The maximum atomic E-state index is 11.1. The predicted molar refractivity (Wildman–Crippen MR) is 126 cm³/mol. The Hall–Kier alpha value is -4.06. The summed E-state index contributed by atoms with van der Waals surface area (Å²) in [6, 6.07) is 20.3. The van der Waals surface area contributed by atoms with E-state index in [-0.39, 0.29) is 18.4 Å². The van der Waals surface area contributed by atoms with Crippen LogP contribution < -0.4 is 9.47 Å². The molecule has 0 radical (unpaired) electrons. The second-order valence-electron chi connectivity index (χ2n) is 8.74. The zero-order valence-electron chi connectivity index (χ0n) is 18.4. The lowest BCUT2D eigenvalue weighted by Crippen LogP contribution is -2.07. The van der Waals surface area contributed by atoms with Gasteiger partial charge < -0.3 is 19.0 Å². The van der Waals surface area contributed by atoms with Crippen LogP contribution in [0.2, 0.25) is 0 Å². The fourth-order valence-electron chi connectivity index (χ4n) is 5.15. The number of benzene rings is 3. The zero-order valence-corrected chi connectivity index (χ0v) is 18.4. The van der Waals surface area contributed by atoms with Crippen LogP contribution in [0.3, 0.4) is 0 Å². The molecular formula is C28H23NO5. The van der Waals surface area contributed by atoms with Crippen LogP contribution >= 0.6 is 0 Å². The van der Waals surface area contributed by atoms with Crippen molar-refractivity contribution in [3.8, 4) is 33.9 Å². The van der Waals surface area contributed by atoms with Crippen LogP contribution in [-0.2, 0) is 11.2 Å². The van der Waals surface area contributed by atoms with Gasteiger partial charge >= 0.3 is 5.97 Å². The Morgan fingerprint density at radius 2 is 1.88 bits per heavy atom. The molecular weight excluding hydrogens is 430 g/mol. The van der Waals surface area contributed by atoms with E-state index in [1.54, 1.807) is 6.20 Å². The third kappa shape index (κ3) is 3.61. The van der Waals surface area contributed by atoms with Gasteiger partial charge in [0.1, 0.15) is 17.6 Å². The molecule has 6 nitrogen and oxygen atoms in total. The van der Waals surface area contributed by atoms with Crippen LogP contribution in [0, 0.1) is 0 Å². The van der Waals surface area contributed by atoms with E-state index in [4.69, 9.17) is 19.0 Å². The van der Waals surface area contributed by atoms with E-state index in [9.17, 15) is 4.79 Å². The molecule has 1 aliphatic heterocycles. The molecule has 34 heavy (non-hydrogen) atoms. The van der Waals surface area contributed by atoms with E-state index < -0.39 is 5.97 Å². The molecule has 1 aliphatic carbocycles. The van der Waals surface area contributed by atoms with Crippen LogP contribution in [0.1, 0.15) is 41.6 Å². The molecule has 6 heteroatoms. The van der Waals surface area contributed by atoms with Crippen molar-refractivity contribution >= 4 is 5.97 Å². The van der Waals surface area contributed by atoms with Crippen LogP contribution in [0.5, 0.6) is 11.5 Å². The van der Waals surface area contributed by atoms with E-state index in [1.807, 2.05) is 30.3 Å². The molecule has 3 aromatic carbocycles. The predicted octanol–water partition coefficient (Wildman–Crippen LogP) is 6.03. The van der Waals surface area contributed by atoms with Crippen molar-refractivity contribution in [3.05, 3.63) is 89.9 Å². The number of hydrogen-bond acceptors (Lipinski definition) is 5. The highest BCUT2D eigenvalue weighted by atomic mass is 16.5. The quantitative estimate of drug-likeness (QED) is 0.384. The Labute approximate surface area is 196 Å². The van der Waals surface area contributed by atoms with Crippen LogP contribution in [0.15, 0.2) is 77.7 Å². The van der Waals surface area contributed by atoms with Gasteiger partial charge in [0, 0.05) is 23.1 Å². The Morgan fingerprint density at radius 3 is 2.71 bits per heavy atom.